The Morgan fingerprint density at radius 3 is 2.57 bits per heavy atom. The lowest BCUT2D eigenvalue weighted by atomic mass is 10.2. The lowest BCUT2D eigenvalue weighted by Gasteiger charge is -2.08. The highest BCUT2D eigenvalue weighted by Crippen LogP contribution is 2.33. The molecular weight excluding hydrogens is 493 g/mol. The van der Waals surface area contributed by atoms with Crippen molar-refractivity contribution in [2.24, 2.45) is 0 Å². The first-order valence-corrected chi connectivity index (χ1v) is 9.69. The highest BCUT2D eigenvalue weighted by atomic mass is 127. The minimum absolute atomic E-state index is 0.0410. The van der Waals surface area contributed by atoms with Gasteiger partial charge in [0, 0.05) is 9.26 Å². The molecule has 0 radical (unpaired) electrons. The van der Waals surface area contributed by atoms with Gasteiger partial charge in [0.2, 0.25) is 0 Å². The molecular formula is C12H9BrINO4S2. The van der Waals surface area contributed by atoms with E-state index in [-0.39, 0.29) is 13.6 Å². The number of carboxylic acids is 1. The predicted molar refractivity (Wildman–Crippen MR) is 93.7 cm³/mol. The minimum atomic E-state index is -3.84. The molecule has 0 bridgehead atoms. The molecule has 21 heavy (non-hydrogen) atoms. The summed E-state index contributed by atoms with van der Waals surface area (Å²) < 4.78 is 28.3. The van der Waals surface area contributed by atoms with Crippen LogP contribution in [-0.4, -0.2) is 19.5 Å². The standard InChI is InChI=1S/C12H9BrINO4S2/c1-6-2-3-7(4-8(6)14)15-21(18,19)10-5-9(12(16)17)20-11(10)13/h2-5,15H,1H3,(H,16,17). The van der Waals surface area contributed by atoms with Crippen molar-refractivity contribution in [2.75, 3.05) is 4.72 Å². The summed E-state index contributed by atoms with van der Waals surface area (Å²) in [4.78, 5) is 10.8. The van der Waals surface area contributed by atoms with Crippen molar-refractivity contribution in [2.45, 2.75) is 11.8 Å². The van der Waals surface area contributed by atoms with Gasteiger partial charge in [-0.15, -0.1) is 11.3 Å². The van der Waals surface area contributed by atoms with E-state index >= 15 is 0 Å². The smallest absolute Gasteiger partial charge is 0.345 e. The Morgan fingerprint density at radius 1 is 1.38 bits per heavy atom. The fraction of sp³-hybridized carbons (Fsp3) is 0.0833. The van der Waals surface area contributed by atoms with E-state index in [9.17, 15) is 13.2 Å². The highest BCUT2D eigenvalue weighted by Gasteiger charge is 2.23. The number of benzene rings is 1. The van der Waals surface area contributed by atoms with Crippen LogP contribution in [0, 0.1) is 10.5 Å². The number of rotatable bonds is 4. The van der Waals surface area contributed by atoms with Crippen LogP contribution >= 0.6 is 49.9 Å². The molecule has 2 aromatic rings. The molecule has 1 heterocycles. The third-order valence-corrected chi connectivity index (χ3v) is 7.36. The van der Waals surface area contributed by atoms with Gasteiger partial charge >= 0.3 is 5.97 Å². The van der Waals surface area contributed by atoms with Crippen LogP contribution in [0.1, 0.15) is 15.2 Å². The Balaban J connectivity index is 2.38. The van der Waals surface area contributed by atoms with Crippen LogP contribution < -0.4 is 4.72 Å². The first-order chi connectivity index (χ1) is 9.70. The summed E-state index contributed by atoms with van der Waals surface area (Å²) in [5.41, 5.74) is 1.48. The molecule has 0 saturated heterocycles. The summed E-state index contributed by atoms with van der Waals surface area (Å²) in [5, 5.41) is 8.92. The van der Waals surface area contributed by atoms with Gasteiger partial charge in [0.05, 0.1) is 3.79 Å². The number of thiophene rings is 1. The van der Waals surface area contributed by atoms with E-state index < -0.39 is 16.0 Å². The zero-order valence-corrected chi connectivity index (χ0v) is 15.9. The fourth-order valence-electron chi connectivity index (χ4n) is 1.51. The maximum Gasteiger partial charge on any atom is 0.345 e. The highest BCUT2D eigenvalue weighted by molar-refractivity contribution is 14.1. The van der Waals surface area contributed by atoms with E-state index in [1.54, 1.807) is 12.1 Å². The molecule has 112 valence electrons. The van der Waals surface area contributed by atoms with E-state index in [4.69, 9.17) is 5.11 Å². The van der Waals surface area contributed by atoms with Gasteiger partial charge in [0.1, 0.15) is 9.77 Å². The molecule has 0 aliphatic heterocycles. The molecule has 0 spiro atoms. The third-order valence-electron chi connectivity index (χ3n) is 2.58. The van der Waals surface area contributed by atoms with Crippen LogP contribution in [-0.2, 0) is 10.0 Å². The van der Waals surface area contributed by atoms with Crippen molar-refractivity contribution >= 4 is 71.5 Å². The molecule has 9 heteroatoms. The Kier molecular flexibility index (Phi) is 4.96. The number of aryl methyl sites for hydroxylation is 1. The summed E-state index contributed by atoms with van der Waals surface area (Å²) in [7, 11) is -3.84. The zero-order chi connectivity index (χ0) is 15.8. The van der Waals surface area contributed by atoms with Gasteiger partial charge in [0.25, 0.3) is 10.0 Å². The van der Waals surface area contributed by atoms with Crippen molar-refractivity contribution in [3.05, 3.63) is 42.1 Å². The Morgan fingerprint density at radius 2 is 2.05 bits per heavy atom. The van der Waals surface area contributed by atoms with Gasteiger partial charge < -0.3 is 5.11 Å². The largest absolute Gasteiger partial charge is 0.477 e. The van der Waals surface area contributed by atoms with Gasteiger partial charge in [-0.05, 0) is 69.2 Å². The van der Waals surface area contributed by atoms with Crippen LogP contribution in [0.2, 0.25) is 0 Å². The molecule has 2 rings (SSSR count). The maximum atomic E-state index is 12.3. The van der Waals surface area contributed by atoms with Crippen LogP contribution in [0.5, 0.6) is 0 Å². The summed E-state index contributed by atoms with van der Waals surface area (Å²) in [6, 6.07) is 6.32. The van der Waals surface area contributed by atoms with Crippen molar-refractivity contribution in [1.29, 1.82) is 0 Å². The van der Waals surface area contributed by atoms with Crippen LogP contribution in [0.4, 0.5) is 5.69 Å². The molecule has 0 atom stereocenters. The number of hydrogen-bond acceptors (Lipinski definition) is 4. The van der Waals surface area contributed by atoms with E-state index in [1.807, 2.05) is 13.0 Å². The number of hydrogen-bond donors (Lipinski definition) is 2. The third kappa shape index (κ3) is 3.76. The lowest BCUT2D eigenvalue weighted by molar-refractivity contribution is 0.0702. The summed E-state index contributed by atoms with van der Waals surface area (Å²) in [6.45, 7) is 1.93. The SMILES string of the molecule is Cc1ccc(NS(=O)(=O)c2cc(C(=O)O)sc2Br)cc1I. The van der Waals surface area contributed by atoms with Crippen molar-refractivity contribution in [3.63, 3.8) is 0 Å². The molecule has 0 amide bonds. The second kappa shape index (κ2) is 6.23. The van der Waals surface area contributed by atoms with Gasteiger partial charge in [-0.3, -0.25) is 4.72 Å². The van der Waals surface area contributed by atoms with Crippen molar-refractivity contribution < 1.29 is 18.3 Å². The van der Waals surface area contributed by atoms with Gasteiger partial charge in [-0.1, -0.05) is 6.07 Å². The summed E-state index contributed by atoms with van der Waals surface area (Å²) in [5.74, 6) is -1.16. The quantitative estimate of drug-likeness (QED) is 0.622. The number of sulfonamides is 1. The van der Waals surface area contributed by atoms with E-state index in [1.165, 1.54) is 0 Å². The van der Waals surface area contributed by atoms with Crippen LogP contribution in [0.25, 0.3) is 0 Å². The predicted octanol–water partition coefficient (Wildman–Crippen LogP) is 3.92. The maximum absolute atomic E-state index is 12.3. The Labute approximate surface area is 147 Å². The number of carboxylic acid groups (broad SMARTS) is 1. The van der Waals surface area contributed by atoms with Crippen molar-refractivity contribution in [1.82, 2.24) is 0 Å². The molecule has 0 aliphatic carbocycles. The average molecular weight is 502 g/mol. The number of anilines is 1. The molecule has 2 N–H and O–H groups in total. The van der Waals surface area contributed by atoms with Gasteiger partial charge in [-0.25, -0.2) is 13.2 Å². The van der Waals surface area contributed by atoms with E-state index in [0.717, 1.165) is 26.5 Å². The topological polar surface area (TPSA) is 83.5 Å². The Bertz CT molecular complexity index is 817. The molecule has 0 unspecified atom stereocenters. The summed E-state index contributed by atoms with van der Waals surface area (Å²) in [6.07, 6.45) is 0. The van der Waals surface area contributed by atoms with Crippen LogP contribution in [0.3, 0.4) is 0 Å². The van der Waals surface area contributed by atoms with Crippen molar-refractivity contribution in [3.8, 4) is 0 Å². The Hall–Kier alpha value is -0.650. The molecule has 1 aromatic carbocycles. The minimum Gasteiger partial charge on any atom is -0.477 e. The normalized spacial score (nSPS) is 11.4. The van der Waals surface area contributed by atoms with E-state index in [0.29, 0.717) is 5.69 Å². The number of aromatic carboxylic acids is 1. The lowest BCUT2D eigenvalue weighted by Crippen LogP contribution is -2.13. The first-order valence-electron chi connectivity index (χ1n) is 5.52. The second-order valence-corrected chi connectivity index (χ2v) is 9.31. The number of nitrogens with one attached hydrogen (secondary N) is 1. The molecule has 0 saturated carbocycles. The summed E-state index contributed by atoms with van der Waals surface area (Å²) >= 11 is 6.07. The zero-order valence-electron chi connectivity index (χ0n) is 10.6. The van der Waals surface area contributed by atoms with Crippen LogP contribution in [0.15, 0.2) is 32.9 Å². The van der Waals surface area contributed by atoms with Gasteiger partial charge in [0.15, 0.2) is 0 Å². The molecule has 1 aromatic heterocycles. The molecule has 0 fully saturated rings. The number of carbonyl (C=O) groups is 1. The second-order valence-electron chi connectivity index (χ2n) is 4.12. The first kappa shape index (κ1) is 16.7. The monoisotopic (exact) mass is 501 g/mol. The van der Waals surface area contributed by atoms with E-state index in [2.05, 4.69) is 43.2 Å². The van der Waals surface area contributed by atoms with Gasteiger partial charge in [-0.2, -0.15) is 0 Å². The molecule has 0 aliphatic rings. The number of halogens is 2. The molecule has 5 nitrogen and oxygen atoms in total. The average Bonchev–Trinajstić information content (AvgIpc) is 2.77. The fourth-order valence-corrected chi connectivity index (χ4v) is 5.48.